The van der Waals surface area contributed by atoms with Gasteiger partial charge in [-0.3, -0.25) is 0 Å². The molecule has 1 saturated carbocycles. The van der Waals surface area contributed by atoms with E-state index in [0.717, 1.165) is 17.7 Å². The van der Waals surface area contributed by atoms with Crippen LogP contribution in [0.4, 0.5) is 0 Å². The van der Waals surface area contributed by atoms with Crippen molar-refractivity contribution in [3.63, 3.8) is 0 Å². The molecule has 0 amide bonds. The summed E-state index contributed by atoms with van der Waals surface area (Å²) in [7, 11) is 0. The van der Waals surface area contributed by atoms with Gasteiger partial charge in [0.15, 0.2) is 0 Å². The van der Waals surface area contributed by atoms with Crippen molar-refractivity contribution in [2.45, 2.75) is 38.0 Å². The van der Waals surface area contributed by atoms with Crippen molar-refractivity contribution in [3.8, 4) is 0 Å². The summed E-state index contributed by atoms with van der Waals surface area (Å²) in [6.07, 6.45) is 6.55. The Bertz CT molecular complexity index is 353. The van der Waals surface area contributed by atoms with Crippen LogP contribution in [0.15, 0.2) is 6.20 Å². The number of nitrogens with zero attached hydrogens (tertiary/aromatic N) is 1. The highest BCUT2D eigenvalue weighted by Crippen LogP contribution is 2.42. The zero-order valence-corrected chi connectivity index (χ0v) is 8.93. The molecule has 3 nitrogen and oxygen atoms in total. The van der Waals surface area contributed by atoms with Crippen LogP contribution in [0.25, 0.3) is 0 Å². The van der Waals surface area contributed by atoms with Crippen LogP contribution in [0.2, 0.25) is 0 Å². The minimum atomic E-state index is -0.914. The number of carboxylic acids is 1. The SMILES string of the molecule is CC1(c2cnc(C(=O)O)s2)CCCC1. The maximum atomic E-state index is 10.7. The summed E-state index contributed by atoms with van der Waals surface area (Å²) in [5.41, 5.74) is 0.186. The predicted octanol–water partition coefficient (Wildman–Crippen LogP) is 2.67. The van der Waals surface area contributed by atoms with Crippen molar-refractivity contribution in [3.05, 3.63) is 16.1 Å². The largest absolute Gasteiger partial charge is 0.476 e. The van der Waals surface area contributed by atoms with E-state index < -0.39 is 5.97 Å². The van der Waals surface area contributed by atoms with Gasteiger partial charge in [0, 0.05) is 16.5 Å². The number of aromatic nitrogens is 1. The number of rotatable bonds is 2. The molecule has 14 heavy (non-hydrogen) atoms. The molecule has 1 aromatic heterocycles. The zero-order chi connectivity index (χ0) is 10.2. The maximum Gasteiger partial charge on any atom is 0.365 e. The first-order valence-electron chi connectivity index (χ1n) is 4.81. The molecule has 1 N–H and O–H groups in total. The molecule has 0 aliphatic heterocycles. The Kier molecular flexibility index (Phi) is 2.31. The van der Waals surface area contributed by atoms with Crippen LogP contribution in [0.1, 0.15) is 47.3 Å². The molecule has 0 aromatic carbocycles. The van der Waals surface area contributed by atoms with Crippen LogP contribution < -0.4 is 0 Å². The first-order valence-corrected chi connectivity index (χ1v) is 5.63. The molecule has 1 heterocycles. The van der Waals surface area contributed by atoms with Gasteiger partial charge in [-0.25, -0.2) is 9.78 Å². The van der Waals surface area contributed by atoms with Gasteiger partial charge >= 0.3 is 5.97 Å². The molecule has 4 heteroatoms. The summed E-state index contributed by atoms with van der Waals surface area (Å²) >= 11 is 1.33. The lowest BCUT2D eigenvalue weighted by atomic mass is 9.88. The second kappa shape index (κ2) is 3.35. The summed E-state index contributed by atoms with van der Waals surface area (Å²) in [6, 6.07) is 0. The molecule has 0 bridgehead atoms. The second-order valence-electron chi connectivity index (χ2n) is 4.10. The van der Waals surface area contributed by atoms with Gasteiger partial charge in [0.05, 0.1) is 0 Å². The lowest BCUT2D eigenvalue weighted by Crippen LogP contribution is -2.14. The average molecular weight is 211 g/mol. The minimum Gasteiger partial charge on any atom is -0.476 e. The first kappa shape index (κ1) is 9.65. The van der Waals surface area contributed by atoms with Gasteiger partial charge in [-0.05, 0) is 12.8 Å². The van der Waals surface area contributed by atoms with Gasteiger partial charge in [-0.1, -0.05) is 19.8 Å². The molecular weight excluding hydrogens is 198 g/mol. The lowest BCUT2D eigenvalue weighted by Gasteiger charge is -2.20. The van der Waals surface area contributed by atoms with Crippen molar-refractivity contribution in [1.82, 2.24) is 4.98 Å². The predicted molar refractivity (Wildman–Crippen MR) is 54.9 cm³/mol. The molecule has 1 aliphatic carbocycles. The van der Waals surface area contributed by atoms with E-state index in [0.29, 0.717) is 0 Å². The Morgan fingerprint density at radius 1 is 1.57 bits per heavy atom. The van der Waals surface area contributed by atoms with Crippen molar-refractivity contribution >= 4 is 17.3 Å². The molecular formula is C10H13NO2S. The Morgan fingerprint density at radius 3 is 2.71 bits per heavy atom. The van der Waals surface area contributed by atoms with Crippen LogP contribution in [0, 0.1) is 0 Å². The first-order chi connectivity index (χ1) is 6.62. The number of aromatic carboxylic acids is 1. The van der Waals surface area contributed by atoms with E-state index >= 15 is 0 Å². The summed E-state index contributed by atoms with van der Waals surface area (Å²) in [4.78, 5) is 15.7. The third-order valence-corrected chi connectivity index (χ3v) is 4.28. The Hall–Kier alpha value is -0.900. The zero-order valence-electron chi connectivity index (χ0n) is 8.12. The van der Waals surface area contributed by atoms with E-state index in [2.05, 4.69) is 11.9 Å². The maximum absolute atomic E-state index is 10.7. The van der Waals surface area contributed by atoms with Gasteiger partial charge in [-0.15, -0.1) is 11.3 Å². The van der Waals surface area contributed by atoms with Gasteiger partial charge in [-0.2, -0.15) is 0 Å². The number of hydrogen-bond acceptors (Lipinski definition) is 3. The second-order valence-corrected chi connectivity index (χ2v) is 5.13. The fraction of sp³-hybridized carbons (Fsp3) is 0.600. The molecule has 1 aromatic rings. The van der Waals surface area contributed by atoms with E-state index in [1.165, 1.54) is 24.2 Å². The smallest absolute Gasteiger partial charge is 0.365 e. The number of carbonyl (C=O) groups is 1. The third-order valence-electron chi connectivity index (χ3n) is 2.99. The summed E-state index contributed by atoms with van der Waals surface area (Å²) in [6.45, 7) is 2.21. The molecule has 76 valence electrons. The standard InChI is InChI=1S/C10H13NO2S/c1-10(4-2-3-5-10)7-6-11-8(14-7)9(12)13/h6H,2-5H2,1H3,(H,12,13). The molecule has 0 saturated heterocycles. The highest BCUT2D eigenvalue weighted by molar-refractivity contribution is 7.13. The molecule has 1 aliphatic rings. The number of hydrogen-bond donors (Lipinski definition) is 1. The third kappa shape index (κ3) is 1.54. The number of thiazole rings is 1. The molecule has 0 spiro atoms. The summed E-state index contributed by atoms with van der Waals surface area (Å²) < 4.78 is 0. The van der Waals surface area contributed by atoms with E-state index in [1.807, 2.05) is 0 Å². The summed E-state index contributed by atoms with van der Waals surface area (Å²) in [5, 5.41) is 8.99. The Balaban J connectivity index is 2.28. The number of carboxylic acid groups (broad SMARTS) is 1. The average Bonchev–Trinajstić information content (AvgIpc) is 2.71. The Morgan fingerprint density at radius 2 is 2.21 bits per heavy atom. The van der Waals surface area contributed by atoms with E-state index in [9.17, 15) is 4.79 Å². The summed E-state index contributed by atoms with van der Waals surface area (Å²) in [5.74, 6) is -0.914. The fourth-order valence-electron chi connectivity index (χ4n) is 2.05. The van der Waals surface area contributed by atoms with Crippen LogP contribution >= 0.6 is 11.3 Å². The van der Waals surface area contributed by atoms with Crippen LogP contribution in [-0.2, 0) is 5.41 Å². The van der Waals surface area contributed by atoms with E-state index in [4.69, 9.17) is 5.11 Å². The molecule has 2 rings (SSSR count). The normalized spacial score (nSPS) is 19.8. The quantitative estimate of drug-likeness (QED) is 0.818. The lowest BCUT2D eigenvalue weighted by molar-refractivity contribution is 0.0696. The van der Waals surface area contributed by atoms with Crippen molar-refractivity contribution in [2.24, 2.45) is 0 Å². The Labute approximate surface area is 86.8 Å². The van der Waals surface area contributed by atoms with Crippen molar-refractivity contribution in [1.29, 1.82) is 0 Å². The van der Waals surface area contributed by atoms with Gasteiger partial charge in [0.2, 0.25) is 5.01 Å². The van der Waals surface area contributed by atoms with E-state index in [1.54, 1.807) is 6.20 Å². The minimum absolute atomic E-state index is 0.186. The van der Waals surface area contributed by atoms with Gasteiger partial charge in [0.1, 0.15) is 0 Å². The van der Waals surface area contributed by atoms with Crippen molar-refractivity contribution in [2.75, 3.05) is 0 Å². The van der Waals surface area contributed by atoms with E-state index in [-0.39, 0.29) is 10.4 Å². The molecule has 0 radical (unpaired) electrons. The van der Waals surface area contributed by atoms with Crippen LogP contribution in [0.5, 0.6) is 0 Å². The van der Waals surface area contributed by atoms with Gasteiger partial charge < -0.3 is 5.11 Å². The van der Waals surface area contributed by atoms with Crippen LogP contribution in [0.3, 0.4) is 0 Å². The topological polar surface area (TPSA) is 50.2 Å². The monoisotopic (exact) mass is 211 g/mol. The van der Waals surface area contributed by atoms with Crippen molar-refractivity contribution < 1.29 is 9.90 Å². The molecule has 0 unspecified atom stereocenters. The van der Waals surface area contributed by atoms with Crippen LogP contribution in [-0.4, -0.2) is 16.1 Å². The molecule has 0 atom stereocenters. The fourth-order valence-corrected chi connectivity index (χ4v) is 3.01. The highest BCUT2D eigenvalue weighted by Gasteiger charge is 2.32. The molecule has 1 fully saturated rings. The highest BCUT2D eigenvalue weighted by atomic mass is 32.1. The van der Waals surface area contributed by atoms with Gasteiger partial charge in [0.25, 0.3) is 0 Å².